The third-order valence-corrected chi connectivity index (χ3v) is 3.63. The summed E-state index contributed by atoms with van der Waals surface area (Å²) in [6, 6.07) is 23.9. The van der Waals surface area contributed by atoms with Gasteiger partial charge in [0, 0.05) is 23.5 Å². The van der Waals surface area contributed by atoms with Crippen LogP contribution in [0.15, 0.2) is 72.8 Å². The number of hydrogen-bond acceptors (Lipinski definition) is 4. The van der Waals surface area contributed by atoms with Crippen LogP contribution in [0, 0.1) is 0 Å². The zero-order valence-electron chi connectivity index (χ0n) is 13.7. The lowest BCUT2D eigenvalue weighted by Gasteiger charge is -2.17. The summed E-state index contributed by atoms with van der Waals surface area (Å²) in [5.41, 5.74) is 3.81. The van der Waals surface area contributed by atoms with Gasteiger partial charge in [0.15, 0.2) is 11.5 Å². The highest BCUT2D eigenvalue weighted by atomic mass is 16.5. The zero-order chi connectivity index (χ0) is 16.8. The van der Waals surface area contributed by atoms with Gasteiger partial charge in [-0.05, 0) is 24.3 Å². The predicted molar refractivity (Wildman–Crippen MR) is 99.0 cm³/mol. The molecule has 3 aromatic rings. The molecule has 0 unspecified atom stereocenters. The number of rotatable bonds is 6. The Bertz CT molecular complexity index is 721. The van der Waals surface area contributed by atoms with E-state index in [0.717, 1.165) is 22.7 Å². The van der Waals surface area contributed by atoms with Crippen molar-refractivity contribution in [2.24, 2.45) is 0 Å². The second kappa shape index (κ2) is 7.42. The van der Waals surface area contributed by atoms with Crippen LogP contribution >= 0.6 is 0 Å². The Labute approximate surface area is 142 Å². The Morgan fingerprint density at radius 3 is 1.29 bits per heavy atom. The van der Waals surface area contributed by atoms with Crippen molar-refractivity contribution in [2.75, 3.05) is 24.9 Å². The maximum Gasteiger partial charge on any atom is 0.162 e. The molecule has 0 aromatic heterocycles. The third-order valence-electron chi connectivity index (χ3n) is 3.63. The van der Waals surface area contributed by atoms with Crippen molar-refractivity contribution in [2.45, 2.75) is 0 Å². The van der Waals surface area contributed by atoms with Crippen molar-refractivity contribution in [1.82, 2.24) is 0 Å². The van der Waals surface area contributed by atoms with E-state index in [-0.39, 0.29) is 0 Å². The first-order chi connectivity index (χ1) is 11.8. The van der Waals surface area contributed by atoms with Crippen molar-refractivity contribution < 1.29 is 9.47 Å². The molecule has 24 heavy (non-hydrogen) atoms. The number of benzene rings is 3. The van der Waals surface area contributed by atoms with E-state index in [0.29, 0.717) is 11.5 Å². The number of nitrogens with one attached hydrogen (secondary N) is 2. The monoisotopic (exact) mass is 320 g/mol. The highest BCUT2D eigenvalue weighted by molar-refractivity contribution is 5.81. The first-order valence-electron chi connectivity index (χ1n) is 7.70. The number of methoxy groups -OCH3 is 2. The molecule has 0 heterocycles. The van der Waals surface area contributed by atoms with E-state index in [4.69, 9.17) is 9.47 Å². The Morgan fingerprint density at radius 2 is 0.958 bits per heavy atom. The van der Waals surface area contributed by atoms with Crippen LogP contribution in [-0.2, 0) is 0 Å². The van der Waals surface area contributed by atoms with Crippen molar-refractivity contribution in [1.29, 1.82) is 0 Å². The third kappa shape index (κ3) is 3.60. The lowest BCUT2D eigenvalue weighted by Crippen LogP contribution is -2.00. The van der Waals surface area contributed by atoms with E-state index >= 15 is 0 Å². The molecular weight excluding hydrogens is 300 g/mol. The molecule has 0 aliphatic carbocycles. The van der Waals surface area contributed by atoms with Crippen LogP contribution in [0.1, 0.15) is 0 Å². The highest BCUT2D eigenvalue weighted by Crippen LogP contribution is 2.39. The van der Waals surface area contributed by atoms with E-state index < -0.39 is 0 Å². The number of ether oxygens (including phenoxy) is 2. The standard InChI is InChI=1S/C20H20N2O2/c1-23-19-13-17(21-15-9-5-3-6-10-15)18(14-20(19)24-2)22-16-11-7-4-8-12-16/h3-14,21-22H,1-2H3. The largest absolute Gasteiger partial charge is 0.493 e. The molecule has 4 heteroatoms. The zero-order valence-corrected chi connectivity index (χ0v) is 13.7. The molecule has 2 N–H and O–H groups in total. The van der Waals surface area contributed by atoms with E-state index in [1.54, 1.807) is 14.2 Å². The van der Waals surface area contributed by atoms with Gasteiger partial charge in [0.1, 0.15) is 0 Å². The van der Waals surface area contributed by atoms with Gasteiger partial charge in [0.05, 0.1) is 25.6 Å². The van der Waals surface area contributed by atoms with Gasteiger partial charge in [-0.2, -0.15) is 0 Å². The summed E-state index contributed by atoms with van der Waals surface area (Å²) in [5, 5.41) is 6.84. The van der Waals surface area contributed by atoms with Crippen molar-refractivity contribution >= 4 is 22.7 Å². The van der Waals surface area contributed by atoms with Crippen LogP contribution in [0.4, 0.5) is 22.7 Å². The fraction of sp³-hybridized carbons (Fsp3) is 0.100. The van der Waals surface area contributed by atoms with E-state index in [9.17, 15) is 0 Å². The van der Waals surface area contributed by atoms with Gasteiger partial charge < -0.3 is 20.1 Å². The summed E-state index contributed by atoms with van der Waals surface area (Å²) in [6.07, 6.45) is 0. The van der Waals surface area contributed by atoms with Gasteiger partial charge in [-0.1, -0.05) is 36.4 Å². The van der Waals surface area contributed by atoms with Gasteiger partial charge >= 0.3 is 0 Å². The second-order valence-corrected chi connectivity index (χ2v) is 5.23. The summed E-state index contributed by atoms with van der Waals surface area (Å²) in [4.78, 5) is 0. The van der Waals surface area contributed by atoms with Gasteiger partial charge in [0.25, 0.3) is 0 Å². The maximum absolute atomic E-state index is 5.43. The van der Waals surface area contributed by atoms with Crippen LogP contribution in [0.3, 0.4) is 0 Å². The Balaban J connectivity index is 2.00. The molecule has 122 valence electrons. The lowest BCUT2D eigenvalue weighted by atomic mass is 10.2. The molecule has 0 aliphatic heterocycles. The number of hydrogen-bond donors (Lipinski definition) is 2. The van der Waals surface area contributed by atoms with Crippen molar-refractivity contribution in [3.8, 4) is 11.5 Å². The molecule has 0 spiro atoms. The lowest BCUT2D eigenvalue weighted by molar-refractivity contribution is 0.355. The molecule has 0 fully saturated rings. The van der Waals surface area contributed by atoms with Gasteiger partial charge in [-0.15, -0.1) is 0 Å². The average molecular weight is 320 g/mol. The molecule has 0 saturated heterocycles. The van der Waals surface area contributed by atoms with E-state index in [2.05, 4.69) is 10.6 Å². The molecule has 0 radical (unpaired) electrons. The van der Waals surface area contributed by atoms with Crippen LogP contribution < -0.4 is 20.1 Å². The normalized spacial score (nSPS) is 10.1. The molecule has 3 aromatic carbocycles. The van der Waals surface area contributed by atoms with Crippen molar-refractivity contribution in [3.05, 3.63) is 72.8 Å². The minimum Gasteiger partial charge on any atom is -0.493 e. The molecule has 0 aliphatic rings. The highest BCUT2D eigenvalue weighted by Gasteiger charge is 2.12. The van der Waals surface area contributed by atoms with Crippen molar-refractivity contribution in [3.63, 3.8) is 0 Å². The fourth-order valence-corrected chi connectivity index (χ4v) is 2.44. The predicted octanol–water partition coefficient (Wildman–Crippen LogP) is 5.19. The number of anilines is 4. The smallest absolute Gasteiger partial charge is 0.162 e. The molecule has 0 bridgehead atoms. The van der Waals surface area contributed by atoms with Crippen LogP contribution in [0.5, 0.6) is 11.5 Å². The SMILES string of the molecule is COc1cc(Nc2ccccc2)c(Nc2ccccc2)cc1OC. The summed E-state index contributed by atoms with van der Waals surface area (Å²) in [6.45, 7) is 0. The van der Waals surface area contributed by atoms with Gasteiger partial charge in [-0.3, -0.25) is 0 Å². The average Bonchev–Trinajstić information content (AvgIpc) is 2.64. The summed E-state index contributed by atoms with van der Waals surface area (Å²) in [7, 11) is 3.27. The molecule has 3 rings (SSSR count). The summed E-state index contributed by atoms with van der Waals surface area (Å²) < 4.78 is 10.9. The molecule has 0 atom stereocenters. The van der Waals surface area contributed by atoms with Crippen LogP contribution in [-0.4, -0.2) is 14.2 Å². The van der Waals surface area contributed by atoms with E-state index in [1.807, 2.05) is 72.8 Å². The molecule has 4 nitrogen and oxygen atoms in total. The molecule has 0 amide bonds. The Kier molecular flexibility index (Phi) is 4.87. The first kappa shape index (κ1) is 15.7. The Hall–Kier alpha value is -3.14. The topological polar surface area (TPSA) is 42.5 Å². The van der Waals surface area contributed by atoms with Gasteiger partial charge in [0.2, 0.25) is 0 Å². The first-order valence-corrected chi connectivity index (χ1v) is 7.70. The molecule has 0 saturated carbocycles. The minimum absolute atomic E-state index is 0.676. The van der Waals surface area contributed by atoms with E-state index in [1.165, 1.54) is 0 Å². The van der Waals surface area contributed by atoms with Crippen LogP contribution in [0.25, 0.3) is 0 Å². The minimum atomic E-state index is 0.676. The second-order valence-electron chi connectivity index (χ2n) is 5.23. The summed E-state index contributed by atoms with van der Waals surface area (Å²) >= 11 is 0. The van der Waals surface area contributed by atoms with Crippen LogP contribution in [0.2, 0.25) is 0 Å². The van der Waals surface area contributed by atoms with Gasteiger partial charge in [-0.25, -0.2) is 0 Å². The molecular formula is C20H20N2O2. The summed E-state index contributed by atoms with van der Waals surface area (Å²) in [5.74, 6) is 1.35. The Morgan fingerprint density at radius 1 is 0.583 bits per heavy atom. The quantitative estimate of drug-likeness (QED) is 0.656. The fourth-order valence-electron chi connectivity index (χ4n) is 2.44. The number of para-hydroxylation sites is 2. The maximum atomic E-state index is 5.43.